The summed E-state index contributed by atoms with van der Waals surface area (Å²) in [6.45, 7) is 3.62. The number of ether oxygens (including phenoxy) is 1. The number of amides is 1. The van der Waals surface area contributed by atoms with Crippen molar-refractivity contribution >= 4 is 11.6 Å². The van der Waals surface area contributed by atoms with Gasteiger partial charge < -0.3 is 10.1 Å². The van der Waals surface area contributed by atoms with Crippen molar-refractivity contribution in [3.8, 4) is 0 Å². The lowest BCUT2D eigenvalue weighted by molar-refractivity contribution is -0.116. The Labute approximate surface area is 240 Å². The summed E-state index contributed by atoms with van der Waals surface area (Å²) >= 11 is 0. The Bertz CT molecular complexity index is 818. The van der Waals surface area contributed by atoms with Gasteiger partial charge in [0.05, 0.1) is 6.61 Å². The number of nitrogens with one attached hydrogen (secondary N) is 1. The van der Waals surface area contributed by atoms with Gasteiger partial charge in [-0.05, 0) is 48.9 Å². The van der Waals surface area contributed by atoms with Crippen LogP contribution in [-0.4, -0.2) is 12.5 Å². The minimum atomic E-state index is 0.0867. The predicted molar refractivity (Wildman–Crippen MR) is 168 cm³/mol. The minimum absolute atomic E-state index is 0.0867. The van der Waals surface area contributed by atoms with Crippen LogP contribution in [0.1, 0.15) is 140 Å². The van der Waals surface area contributed by atoms with Crippen molar-refractivity contribution in [3.63, 3.8) is 0 Å². The van der Waals surface area contributed by atoms with Crippen LogP contribution >= 0.6 is 0 Å². The van der Waals surface area contributed by atoms with Crippen LogP contribution in [0.4, 0.5) is 5.69 Å². The molecule has 3 nitrogen and oxygen atoms in total. The maximum Gasteiger partial charge on any atom is 0.224 e. The van der Waals surface area contributed by atoms with E-state index in [9.17, 15) is 4.79 Å². The number of hydrogen-bond acceptors (Lipinski definition) is 2. The van der Waals surface area contributed by atoms with Crippen molar-refractivity contribution in [2.24, 2.45) is 0 Å². The molecule has 0 aromatic heterocycles. The second-order valence-corrected chi connectivity index (χ2v) is 11.3. The van der Waals surface area contributed by atoms with E-state index in [0.717, 1.165) is 24.9 Å². The van der Waals surface area contributed by atoms with Gasteiger partial charge in [-0.25, -0.2) is 0 Å². The fourth-order valence-corrected chi connectivity index (χ4v) is 5.11. The van der Waals surface area contributed by atoms with Crippen LogP contribution in [0.15, 0.2) is 54.6 Å². The third kappa shape index (κ3) is 18.7. The Morgan fingerprint density at radius 2 is 1.13 bits per heavy atom. The van der Waals surface area contributed by atoms with Crippen LogP contribution < -0.4 is 5.32 Å². The SMILES string of the molecule is CCCCCCCCCCCCCCCCCCc1ccc(NC(=O)CCCCOCc2ccccc2)cc1. The Morgan fingerprint density at radius 1 is 0.590 bits per heavy atom. The average molecular weight is 536 g/mol. The fourth-order valence-electron chi connectivity index (χ4n) is 5.11. The van der Waals surface area contributed by atoms with Gasteiger partial charge in [0.15, 0.2) is 0 Å². The Hall–Kier alpha value is -2.13. The van der Waals surface area contributed by atoms with E-state index in [1.807, 2.05) is 30.3 Å². The maximum absolute atomic E-state index is 12.2. The van der Waals surface area contributed by atoms with Crippen molar-refractivity contribution in [3.05, 3.63) is 65.7 Å². The van der Waals surface area contributed by atoms with E-state index in [-0.39, 0.29) is 5.91 Å². The molecule has 1 N–H and O–H groups in total. The lowest BCUT2D eigenvalue weighted by Gasteiger charge is -2.08. The number of aryl methyl sites for hydroxylation is 1. The molecule has 2 aromatic carbocycles. The van der Waals surface area contributed by atoms with E-state index in [1.165, 1.54) is 114 Å². The quantitative estimate of drug-likeness (QED) is 0.128. The van der Waals surface area contributed by atoms with Crippen molar-refractivity contribution in [1.29, 1.82) is 0 Å². The van der Waals surface area contributed by atoms with Crippen molar-refractivity contribution in [2.75, 3.05) is 11.9 Å². The highest BCUT2D eigenvalue weighted by atomic mass is 16.5. The zero-order valence-electron chi connectivity index (χ0n) is 25.1. The second-order valence-electron chi connectivity index (χ2n) is 11.3. The summed E-state index contributed by atoms with van der Waals surface area (Å²) in [5.41, 5.74) is 3.46. The number of carbonyl (C=O) groups is 1. The smallest absolute Gasteiger partial charge is 0.224 e. The zero-order valence-corrected chi connectivity index (χ0v) is 25.1. The molecule has 0 saturated heterocycles. The monoisotopic (exact) mass is 535 g/mol. The Morgan fingerprint density at radius 3 is 1.69 bits per heavy atom. The first-order valence-electron chi connectivity index (χ1n) is 16.3. The third-order valence-electron chi connectivity index (χ3n) is 7.61. The molecular formula is C36H57NO2. The molecule has 0 radical (unpaired) electrons. The molecule has 39 heavy (non-hydrogen) atoms. The first-order chi connectivity index (χ1) is 19.3. The van der Waals surface area contributed by atoms with Crippen molar-refractivity contribution in [1.82, 2.24) is 0 Å². The molecule has 0 heterocycles. The highest BCUT2D eigenvalue weighted by Crippen LogP contribution is 2.16. The molecule has 0 spiro atoms. The lowest BCUT2D eigenvalue weighted by Crippen LogP contribution is -2.11. The predicted octanol–water partition coefficient (Wildman–Crippen LogP) is 10.8. The van der Waals surface area contributed by atoms with E-state index in [1.54, 1.807) is 0 Å². The summed E-state index contributed by atoms with van der Waals surface area (Å²) in [7, 11) is 0. The van der Waals surface area contributed by atoms with Gasteiger partial charge in [-0.15, -0.1) is 0 Å². The standard InChI is InChI=1S/C36H57NO2/c1-2-3-4-5-6-7-8-9-10-11-12-13-14-15-16-18-23-33-27-29-35(30-28-33)37-36(38)26-21-22-31-39-32-34-24-19-17-20-25-34/h17,19-20,24-25,27-30H,2-16,18,21-23,26,31-32H2,1H3,(H,37,38). The molecule has 0 saturated carbocycles. The number of benzene rings is 2. The highest BCUT2D eigenvalue weighted by molar-refractivity contribution is 5.90. The largest absolute Gasteiger partial charge is 0.377 e. The van der Waals surface area contributed by atoms with Gasteiger partial charge >= 0.3 is 0 Å². The summed E-state index contributed by atoms with van der Waals surface area (Å²) in [6.07, 6.45) is 25.9. The zero-order chi connectivity index (χ0) is 27.6. The topological polar surface area (TPSA) is 38.3 Å². The van der Waals surface area contributed by atoms with Gasteiger partial charge in [-0.2, -0.15) is 0 Å². The molecule has 0 atom stereocenters. The summed E-state index contributed by atoms with van der Waals surface area (Å²) in [5, 5.41) is 3.03. The van der Waals surface area contributed by atoms with Crippen LogP contribution in [0, 0.1) is 0 Å². The van der Waals surface area contributed by atoms with Crippen LogP contribution in [0.25, 0.3) is 0 Å². The van der Waals surface area contributed by atoms with Gasteiger partial charge in [0.2, 0.25) is 5.91 Å². The highest BCUT2D eigenvalue weighted by Gasteiger charge is 2.03. The molecular weight excluding hydrogens is 478 g/mol. The summed E-state index contributed by atoms with van der Waals surface area (Å²) in [6, 6.07) is 18.6. The molecule has 0 unspecified atom stereocenters. The maximum atomic E-state index is 12.2. The molecule has 1 amide bonds. The summed E-state index contributed by atoms with van der Waals surface area (Å²) < 4.78 is 5.70. The Balaban J connectivity index is 1.36. The first-order valence-corrected chi connectivity index (χ1v) is 16.3. The molecule has 2 rings (SSSR count). The molecule has 2 aromatic rings. The number of carbonyl (C=O) groups excluding carboxylic acids is 1. The van der Waals surface area contributed by atoms with Gasteiger partial charge in [0.1, 0.15) is 0 Å². The fraction of sp³-hybridized carbons (Fsp3) is 0.639. The lowest BCUT2D eigenvalue weighted by atomic mass is 10.0. The van der Waals surface area contributed by atoms with E-state index < -0.39 is 0 Å². The van der Waals surface area contributed by atoms with Crippen molar-refractivity contribution in [2.45, 2.75) is 142 Å². The van der Waals surface area contributed by atoms with Crippen LogP contribution in [-0.2, 0) is 22.6 Å². The number of anilines is 1. The number of unbranched alkanes of at least 4 members (excludes halogenated alkanes) is 16. The minimum Gasteiger partial charge on any atom is -0.377 e. The second kappa shape index (κ2) is 23.7. The molecule has 3 heteroatoms. The molecule has 0 fully saturated rings. The van der Waals surface area contributed by atoms with Gasteiger partial charge in [-0.3, -0.25) is 4.79 Å². The van der Waals surface area contributed by atoms with E-state index in [4.69, 9.17) is 4.74 Å². The Kier molecular flexibility index (Phi) is 20.1. The average Bonchev–Trinajstić information content (AvgIpc) is 2.96. The summed E-state index contributed by atoms with van der Waals surface area (Å²) in [5.74, 6) is 0.0867. The molecule has 0 aliphatic carbocycles. The molecule has 0 aliphatic rings. The molecule has 218 valence electrons. The van der Waals surface area contributed by atoms with E-state index in [0.29, 0.717) is 19.6 Å². The first kappa shape index (κ1) is 33.1. The van der Waals surface area contributed by atoms with Gasteiger partial charge in [-0.1, -0.05) is 146 Å². The van der Waals surface area contributed by atoms with Crippen LogP contribution in [0.3, 0.4) is 0 Å². The van der Waals surface area contributed by atoms with Gasteiger partial charge in [0, 0.05) is 18.7 Å². The van der Waals surface area contributed by atoms with Gasteiger partial charge in [0.25, 0.3) is 0 Å². The van der Waals surface area contributed by atoms with E-state index >= 15 is 0 Å². The molecule has 0 aliphatic heterocycles. The number of rotatable bonds is 25. The number of hydrogen-bond donors (Lipinski definition) is 1. The summed E-state index contributed by atoms with van der Waals surface area (Å²) in [4.78, 5) is 12.2. The third-order valence-corrected chi connectivity index (χ3v) is 7.61. The normalized spacial score (nSPS) is 11.1. The van der Waals surface area contributed by atoms with Crippen LogP contribution in [0.5, 0.6) is 0 Å². The van der Waals surface area contributed by atoms with Crippen molar-refractivity contribution < 1.29 is 9.53 Å². The van der Waals surface area contributed by atoms with Crippen LogP contribution in [0.2, 0.25) is 0 Å². The molecule has 0 bridgehead atoms. The van der Waals surface area contributed by atoms with E-state index in [2.05, 4.69) is 36.5 Å².